The van der Waals surface area contributed by atoms with Crippen LogP contribution in [0.5, 0.6) is 0 Å². The quantitative estimate of drug-likeness (QED) is 0.756. The largest absolute Gasteiger partial charge is 0.310 e. The van der Waals surface area contributed by atoms with Gasteiger partial charge in [-0.05, 0) is 56.0 Å². The van der Waals surface area contributed by atoms with Crippen molar-refractivity contribution in [1.29, 1.82) is 0 Å². The van der Waals surface area contributed by atoms with Crippen LogP contribution in [0, 0.1) is 6.92 Å². The number of nitrogens with zero attached hydrogens (tertiary/aromatic N) is 1. The number of rotatable bonds is 7. The second-order valence-corrected chi connectivity index (χ2v) is 5.53. The first-order valence-corrected chi connectivity index (χ1v) is 7.56. The van der Waals surface area contributed by atoms with Crippen molar-refractivity contribution in [3.8, 4) is 0 Å². The standard InChI is InChI=1S/C16H22ClN3/c1-3-16(13-6-8-15(17)9-7-13)18-10-4-5-14-11-19-20-12(14)2/h6-9,11,16,18H,3-5,10H2,1-2H3,(H,19,20). The number of hydrogen-bond acceptors (Lipinski definition) is 2. The van der Waals surface area contributed by atoms with Crippen LogP contribution >= 0.6 is 11.6 Å². The molecule has 1 aromatic carbocycles. The van der Waals surface area contributed by atoms with E-state index in [2.05, 4.69) is 41.5 Å². The molecule has 1 atom stereocenters. The van der Waals surface area contributed by atoms with Gasteiger partial charge in [-0.1, -0.05) is 30.7 Å². The minimum absolute atomic E-state index is 0.401. The molecule has 1 aromatic heterocycles. The SMILES string of the molecule is CCC(NCCCc1cn[nH]c1C)c1ccc(Cl)cc1. The Morgan fingerprint density at radius 2 is 2.05 bits per heavy atom. The van der Waals surface area contributed by atoms with Gasteiger partial charge in [0.1, 0.15) is 0 Å². The van der Waals surface area contributed by atoms with Gasteiger partial charge in [0.25, 0.3) is 0 Å². The van der Waals surface area contributed by atoms with Gasteiger partial charge < -0.3 is 5.32 Å². The van der Waals surface area contributed by atoms with Crippen LogP contribution in [0.25, 0.3) is 0 Å². The molecule has 108 valence electrons. The number of aromatic nitrogens is 2. The third kappa shape index (κ3) is 4.09. The monoisotopic (exact) mass is 291 g/mol. The number of nitrogens with one attached hydrogen (secondary N) is 2. The lowest BCUT2D eigenvalue weighted by Crippen LogP contribution is -2.22. The van der Waals surface area contributed by atoms with Crippen molar-refractivity contribution in [3.63, 3.8) is 0 Å². The van der Waals surface area contributed by atoms with Crippen molar-refractivity contribution in [2.45, 2.75) is 39.2 Å². The Morgan fingerprint density at radius 3 is 2.65 bits per heavy atom. The molecule has 0 amide bonds. The summed E-state index contributed by atoms with van der Waals surface area (Å²) in [5.41, 5.74) is 3.79. The molecule has 2 N–H and O–H groups in total. The second kappa shape index (κ2) is 7.46. The zero-order valence-electron chi connectivity index (χ0n) is 12.1. The highest BCUT2D eigenvalue weighted by atomic mass is 35.5. The van der Waals surface area contributed by atoms with E-state index in [1.165, 1.54) is 16.8 Å². The van der Waals surface area contributed by atoms with E-state index in [9.17, 15) is 0 Å². The lowest BCUT2D eigenvalue weighted by atomic mass is 10.0. The van der Waals surface area contributed by atoms with Crippen LogP contribution in [-0.4, -0.2) is 16.7 Å². The molecule has 20 heavy (non-hydrogen) atoms. The highest BCUT2D eigenvalue weighted by Gasteiger charge is 2.08. The Labute approximate surface area is 125 Å². The van der Waals surface area contributed by atoms with Crippen LogP contribution in [0.2, 0.25) is 5.02 Å². The second-order valence-electron chi connectivity index (χ2n) is 5.09. The van der Waals surface area contributed by atoms with Crippen molar-refractivity contribution in [2.75, 3.05) is 6.54 Å². The van der Waals surface area contributed by atoms with Crippen LogP contribution in [-0.2, 0) is 6.42 Å². The van der Waals surface area contributed by atoms with Crippen LogP contribution in [0.4, 0.5) is 0 Å². The van der Waals surface area contributed by atoms with Crippen molar-refractivity contribution in [3.05, 3.63) is 52.3 Å². The summed E-state index contributed by atoms with van der Waals surface area (Å²) < 4.78 is 0. The fraction of sp³-hybridized carbons (Fsp3) is 0.438. The van der Waals surface area contributed by atoms with Gasteiger partial charge in [-0.25, -0.2) is 0 Å². The fourth-order valence-electron chi connectivity index (χ4n) is 2.38. The lowest BCUT2D eigenvalue weighted by Gasteiger charge is -2.17. The summed E-state index contributed by atoms with van der Waals surface area (Å²) in [6, 6.07) is 8.51. The molecule has 3 nitrogen and oxygen atoms in total. The number of hydrogen-bond donors (Lipinski definition) is 2. The Balaban J connectivity index is 1.79. The first-order valence-electron chi connectivity index (χ1n) is 7.18. The average molecular weight is 292 g/mol. The van der Waals surface area contributed by atoms with E-state index in [4.69, 9.17) is 11.6 Å². The van der Waals surface area contributed by atoms with Crippen LogP contribution in [0.1, 0.15) is 42.6 Å². The summed E-state index contributed by atoms with van der Waals surface area (Å²) in [4.78, 5) is 0. The summed E-state index contributed by atoms with van der Waals surface area (Å²) in [7, 11) is 0. The molecule has 0 fully saturated rings. The van der Waals surface area contributed by atoms with Gasteiger partial charge in [-0.15, -0.1) is 0 Å². The summed E-state index contributed by atoms with van der Waals surface area (Å²) in [5.74, 6) is 0. The molecule has 0 radical (unpaired) electrons. The smallest absolute Gasteiger partial charge is 0.0522 e. The molecule has 1 unspecified atom stereocenters. The molecule has 2 rings (SSSR count). The Kier molecular flexibility index (Phi) is 5.62. The molecule has 0 aliphatic carbocycles. The zero-order valence-corrected chi connectivity index (χ0v) is 12.9. The lowest BCUT2D eigenvalue weighted by molar-refractivity contribution is 0.510. The van der Waals surface area contributed by atoms with E-state index in [-0.39, 0.29) is 0 Å². The Bertz CT molecular complexity index is 519. The minimum Gasteiger partial charge on any atom is -0.310 e. The maximum Gasteiger partial charge on any atom is 0.0522 e. The molecule has 0 aliphatic heterocycles. The van der Waals surface area contributed by atoms with Crippen molar-refractivity contribution in [1.82, 2.24) is 15.5 Å². The fourth-order valence-corrected chi connectivity index (χ4v) is 2.50. The van der Waals surface area contributed by atoms with Crippen molar-refractivity contribution >= 4 is 11.6 Å². The third-order valence-corrected chi connectivity index (χ3v) is 3.88. The molecule has 0 bridgehead atoms. The number of aryl methyl sites for hydroxylation is 2. The van der Waals surface area contributed by atoms with E-state index in [0.717, 1.165) is 30.8 Å². The number of aromatic amines is 1. The maximum absolute atomic E-state index is 5.93. The van der Waals surface area contributed by atoms with Gasteiger partial charge in [-0.2, -0.15) is 5.10 Å². The molecule has 0 spiro atoms. The van der Waals surface area contributed by atoms with Gasteiger partial charge in [0.2, 0.25) is 0 Å². The Morgan fingerprint density at radius 1 is 1.30 bits per heavy atom. The van der Waals surface area contributed by atoms with E-state index in [0.29, 0.717) is 6.04 Å². The highest BCUT2D eigenvalue weighted by molar-refractivity contribution is 6.30. The molecule has 0 aliphatic rings. The number of halogens is 1. The summed E-state index contributed by atoms with van der Waals surface area (Å²) in [6.07, 6.45) is 5.18. The van der Waals surface area contributed by atoms with E-state index in [1.54, 1.807) is 0 Å². The minimum atomic E-state index is 0.401. The first kappa shape index (κ1) is 15.1. The van der Waals surface area contributed by atoms with Gasteiger partial charge in [0.15, 0.2) is 0 Å². The van der Waals surface area contributed by atoms with Crippen molar-refractivity contribution in [2.24, 2.45) is 0 Å². The summed E-state index contributed by atoms with van der Waals surface area (Å²) >= 11 is 5.93. The maximum atomic E-state index is 5.93. The first-order chi connectivity index (χ1) is 9.70. The van der Waals surface area contributed by atoms with Crippen LogP contribution in [0.3, 0.4) is 0 Å². The zero-order chi connectivity index (χ0) is 14.4. The number of H-pyrrole nitrogens is 1. The molecule has 1 heterocycles. The molecule has 0 saturated carbocycles. The van der Waals surface area contributed by atoms with Crippen LogP contribution < -0.4 is 5.32 Å². The predicted molar refractivity (Wildman–Crippen MR) is 84.1 cm³/mol. The van der Waals surface area contributed by atoms with Gasteiger partial charge >= 0.3 is 0 Å². The third-order valence-electron chi connectivity index (χ3n) is 3.63. The van der Waals surface area contributed by atoms with E-state index < -0.39 is 0 Å². The summed E-state index contributed by atoms with van der Waals surface area (Å²) in [5, 5.41) is 11.4. The van der Waals surface area contributed by atoms with Gasteiger partial charge in [0, 0.05) is 16.8 Å². The molecule has 4 heteroatoms. The summed E-state index contributed by atoms with van der Waals surface area (Å²) in [6.45, 7) is 5.27. The van der Waals surface area contributed by atoms with Crippen LogP contribution in [0.15, 0.2) is 30.5 Å². The van der Waals surface area contributed by atoms with E-state index >= 15 is 0 Å². The number of benzene rings is 1. The normalized spacial score (nSPS) is 12.6. The topological polar surface area (TPSA) is 40.7 Å². The highest BCUT2D eigenvalue weighted by Crippen LogP contribution is 2.19. The molecular weight excluding hydrogens is 270 g/mol. The predicted octanol–water partition coefficient (Wildman–Crippen LogP) is 4.05. The molecular formula is C16H22ClN3. The van der Waals surface area contributed by atoms with Gasteiger partial charge in [0.05, 0.1) is 6.20 Å². The molecule has 2 aromatic rings. The Hall–Kier alpha value is -1.32. The average Bonchev–Trinajstić information content (AvgIpc) is 2.86. The van der Waals surface area contributed by atoms with E-state index in [1.807, 2.05) is 18.3 Å². The molecule has 0 saturated heterocycles. The van der Waals surface area contributed by atoms with Crippen molar-refractivity contribution < 1.29 is 0 Å². The van der Waals surface area contributed by atoms with Gasteiger partial charge in [-0.3, -0.25) is 5.10 Å².